The summed E-state index contributed by atoms with van der Waals surface area (Å²) >= 11 is 0. The summed E-state index contributed by atoms with van der Waals surface area (Å²) in [5.74, 6) is 1.06. The van der Waals surface area contributed by atoms with Gasteiger partial charge in [0.15, 0.2) is 0 Å². The number of unbranched alkanes of at least 4 members (excludes halogenated alkanes) is 38. The maximum atomic E-state index is 13.7. The van der Waals surface area contributed by atoms with E-state index in [1.807, 2.05) is 30.3 Å². The van der Waals surface area contributed by atoms with Gasteiger partial charge < -0.3 is 18.9 Å². The maximum absolute atomic E-state index is 13.7. The van der Waals surface area contributed by atoms with Crippen LogP contribution in [-0.2, 0) is 20.9 Å². The third-order valence-corrected chi connectivity index (χ3v) is 16.9. The molecule has 1 fully saturated rings. The Morgan fingerprint density at radius 1 is 0.436 bits per heavy atom. The number of ether oxygens (including phenoxy) is 4. The SMILES string of the molecule is CCCCCCCCCCCCCCCCCCCCCCOc1cc(COC(=O)[C@@H]2CCCN2C(=O)OCC2c3ccccc3-c3ccccc32)cc(OCCCCCCCCCCCCCCCCCCCCCC)c1. The third-order valence-electron chi connectivity index (χ3n) is 16.9. The average Bonchev–Trinajstić information content (AvgIpc) is 4.09. The molecule has 0 unspecified atom stereocenters. The van der Waals surface area contributed by atoms with Crippen LogP contribution < -0.4 is 9.47 Å². The van der Waals surface area contributed by atoms with Gasteiger partial charge in [-0.2, -0.15) is 0 Å². The van der Waals surface area contributed by atoms with Gasteiger partial charge in [-0.3, -0.25) is 4.90 Å². The van der Waals surface area contributed by atoms with Crippen molar-refractivity contribution < 1.29 is 28.5 Å². The summed E-state index contributed by atoms with van der Waals surface area (Å²) in [7, 11) is 0. The van der Waals surface area contributed by atoms with Gasteiger partial charge in [0.1, 0.15) is 30.8 Å². The molecule has 0 saturated carbocycles. The van der Waals surface area contributed by atoms with Crippen molar-refractivity contribution in [2.24, 2.45) is 0 Å². The summed E-state index contributed by atoms with van der Waals surface area (Å²) in [6, 6.07) is 22.0. The number of rotatable bonds is 49. The smallest absolute Gasteiger partial charge is 0.410 e. The molecular formula is C71H113NO6. The zero-order valence-corrected chi connectivity index (χ0v) is 50.1. The topological polar surface area (TPSA) is 74.3 Å². The Bertz CT molecular complexity index is 1870. The minimum Gasteiger partial charge on any atom is -0.493 e. The quantitative estimate of drug-likeness (QED) is 0.0414. The van der Waals surface area contributed by atoms with Crippen LogP contribution >= 0.6 is 0 Å². The van der Waals surface area contributed by atoms with Crippen LogP contribution in [0, 0.1) is 0 Å². The first kappa shape index (κ1) is 64.8. The predicted molar refractivity (Wildman–Crippen MR) is 328 cm³/mol. The summed E-state index contributed by atoms with van der Waals surface area (Å²) < 4.78 is 24.7. The van der Waals surface area contributed by atoms with E-state index in [0.29, 0.717) is 26.2 Å². The first-order chi connectivity index (χ1) is 38.6. The van der Waals surface area contributed by atoms with Crippen LogP contribution in [0.1, 0.15) is 306 Å². The van der Waals surface area contributed by atoms with Crippen LogP contribution in [0.15, 0.2) is 66.7 Å². The molecule has 0 N–H and O–H groups in total. The van der Waals surface area contributed by atoms with Crippen molar-refractivity contribution in [2.75, 3.05) is 26.4 Å². The van der Waals surface area contributed by atoms with E-state index in [9.17, 15) is 9.59 Å². The van der Waals surface area contributed by atoms with Crippen molar-refractivity contribution in [3.63, 3.8) is 0 Å². The lowest BCUT2D eigenvalue weighted by molar-refractivity contribution is -0.149. The van der Waals surface area contributed by atoms with Crippen molar-refractivity contribution in [3.8, 4) is 22.6 Å². The van der Waals surface area contributed by atoms with Gasteiger partial charge in [-0.25, -0.2) is 9.59 Å². The highest BCUT2D eigenvalue weighted by Gasteiger charge is 2.37. The molecule has 3 aromatic rings. The van der Waals surface area contributed by atoms with Crippen LogP contribution in [0.5, 0.6) is 11.5 Å². The minimum absolute atomic E-state index is 0.0395. The molecule has 0 bridgehead atoms. The van der Waals surface area contributed by atoms with Crippen LogP contribution in [0.4, 0.5) is 4.79 Å². The number of amides is 1. The van der Waals surface area contributed by atoms with Gasteiger partial charge in [-0.1, -0.05) is 306 Å². The molecule has 1 aliphatic heterocycles. The van der Waals surface area contributed by atoms with Gasteiger partial charge in [-0.05, 0) is 65.6 Å². The van der Waals surface area contributed by atoms with Gasteiger partial charge in [0.2, 0.25) is 0 Å². The molecule has 78 heavy (non-hydrogen) atoms. The predicted octanol–water partition coefficient (Wildman–Crippen LogP) is 21.5. The molecule has 7 heteroatoms. The molecule has 3 aromatic carbocycles. The second-order valence-corrected chi connectivity index (χ2v) is 23.7. The molecule has 438 valence electrons. The van der Waals surface area contributed by atoms with E-state index in [2.05, 4.69) is 50.2 Å². The number of carbonyl (C=O) groups excluding carboxylic acids is 2. The van der Waals surface area contributed by atoms with E-state index < -0.39 is 18.1 Å². The molecule has 5 rings (SSSR count). The number of likely N-dealkylation sites (tertiary alicyclic amines) is 1. The zero-order valence-electron chi connectivity index (χ0n) is 50.1. The summed E-state index contributed by atoms with van der Waals surface area (Å²) in [6.07, 6.45) is 55.4. The fourth-order valence-electron chi connectivity index (χ4n) is 12.1. The van der Waals surface area contributed by atoms with Gasteiger partial charge in [-0.15, -0.1) is 0 Å². The molecule has 1 atom stereocenters. The van der Waals surface area contributed by atoms with Crippen molar-refractivity contribution in [1.82, 2.24) is 4.90 Å². The molecular weight excluding hydrogens is 963 g/mol. The third kappa shape index (κ3) is 27.0. The minimum atomic E-state index is -0.672. The Hall–Kier alpha value is -4.00. The zero-order chi connectivity index (χ0) is 54.8. The summed E-state index contributed by atoms with van der Waals surface area (Å²) in [4.78, 5) is 28.9. The van der Waals surface area contributed by atoms with Crippen molar-refractivity contribution in [1.29, 1.82) is 0 Å². The van der Waals surface area contributed by atoms with Crippen LogP contribution in [0.25, 0.3) is 11.1 Å². The second-order valence-electron chi connectivity index (χ2n) is 23.7. The Morgan fingerprint density at radius 3 is 1.15 bits per heavy atom. The van der Waals surface area contributed by atoms with Crippen LogP contribution in [0.2, 0.25) is 0 Å². The summed E-state index contributed by atoms with van der Waals surface area (Å²) in [5, 5.41) is 0. The monoisotopic (exact) mass is 1080 g/mol. The van der Waals surface area contributed by atoms with E-state index in [0.717, 1.165) is 36.3 Å². The highest BCUT2D eigenvalue weighted by atomic mass is 16.6. The van der Waals surface area contributed by atoms with Gasteiger partial charge in [0, 0.05) is 18.5 Å². The maximum Gasteiger partial charge on any atom is 0.410 e. The van der Waals surface area contributed by atoms with E-state index in [1.54, 1.807) is 4.90 Å². The Kier molecular flexibility index (Phi) is 35.6. The van der Waals surface area contributed by atoms with Crippen molar-refractivity contribution in [3.05, 3.63) is 83.4 Å². The van der Waals surface area contributed by atoms with Crippen LogP contribution in [0.3, 0.4) is 0 Å². The first-order valence-electron chi connectivity index (χ1n) is 33.3. The van der Waals surface area contributed by atoms with Crippen molar-refractivity contribution >= 4 is 12.1 Å². The normalized spacial score (nSPS) is 14.0. The van der Waals surface area contributed by atoms with Crippen molar-refractivity contribution in [2.45, 2.75) is 302 Å². The number of benzene rings is 3. The highest BCUT2D eigenvalue weighted by molar-refractivity contribution is 5.82. The van der Waals surface area contributed by atoms with Gasteiger partial charge in [0.05, 0.1) is 13.2 Å². The summed E-state index contributed by atoms with van der Waals surface area (Å²) in [5.41, 5.74) is 5.53. The number of fused-ring (bicyclic) bond motifs is 3. The average molecular weight is 1080 g/mol. The van der Waals surface area contributed by atoms with E-state index in [1.165, 1.54) is 266 Å². The van der Waals surface area contributed by atoms with Gasteiger partial charge >= 0.3 is 12.1 Å². The molecule has 2 aliphatic rings. The van der Waals surface area contributed by atoms with E-state index >= 15 is 0 Å². The lowest BCUT2D eigenvalue weighted by Gasteiger charge is -2.24. The number of nitrogens with zero attached hydrogens (tertiary/aromatic N) is 1. The number of hydrogen-bond acceptors (Lipinski definition) is 6. The standard InChI is InChI=1S/C71H113NO6/c1-3-5-7-9-11-13-15-17-19-21-23-25-27-29-31-33-35-37-39-45-54-75-62-56-61(57-63(58-62)76-55-46-40-38-36-34-32-30-28-26-24-22-20-18-16-14-12-10-8-6-4-2)59-77-70(73)69-52-47-53-72(69)71(74)78-60-68-66-50-43-41-48-64(66)65-49-42-44-51-67(65)68/h41-44,48-51,56-58,68-69H,3-40,45-47,52-55,59-60H2,1-2H3/t69-/m0/s1. The number of esters is 1. The highest BCUT2D eigenvalue weighted by Crippen LogP contribution is 2.44. The molecule has 1 heterocycles. The lowest BCUT2D eigenvalue weighted by atomic mass is 9.98. The molecule has 0 spiro atoms. The molecule has 7 nitrogen and oxygen atoms in total. The fraction of sp³-hybridized carbons (Fsp3) is 0.718. The lowest BCUT2D eigenvalue weighted by Crippen LogP contribution is -2.42. The van der Waals surface area contributed by atoms with Gasteiger partial charge in [0.25, 0.3) is 0 Å². The Labute approximate surface area is 477 Å². The largest absolute Gasteiger partial charge is 0.493 e. The molecule has 1 aliphatic carbocycles. The Morgan fingerprint density at radius 2 is 0.782 bits per heavy atom. The summed E-state index contributed by atoms with van der Waals surface area (Å²) in [6.45, 7) is 6.67. The molecule has 0 radical (unpaired) electrons. The van der Waals surface area contributed by atoms with E-state index in [-0.39, 0.29) is 19.1 Å². The fourth-order valence-corrected chi connectivity index (χ4v) is 12.1. The van der Waals surface area contributed by atoms with E-state index in [4.69, 9.17) is 18.9 Å². The number of hydrogen-bond donors (Lipinski definition) is 0. The molecule has 1 amide bonds. The number of carbonyl (C=O) groups is 2. The molecule has 1 saturated heterocycles. The first-order valence-corrected chi connectivity index (χ1v) is 33.3. The van der Waals surface area contributed by atoms with Crippen LogP contribution in [-0.4, -0.2) is 49.4 Å². The second kappa shape index (κ2) is 42.8. The Balaban J connectivity index is 0.963. The molecule has 0 aromatic heterocycles.